The zero-order valence-corrected chi connectivity index (χ0v) is 19.2. The molecule has 2 amide bonds. The molecule has 0 aliphatic heterocycles. The second-order valence-corrected chi connectivity index (χ2v) is 7.22. The van der Waals surface area contributed by atoms with Crippen molar-refractivity contribution in [3.05, 3.63) is 89.5 Å². The third kappa shape index (κ3) is 7.43. The minimum Gasteiger partial charge on any atom is -0.434 e. The SMILES string of the molecule is CCOC(=O)Oc1ccc(C(=O)Nc2ccccc2CNC(=O)c2cccc(OC(C)=O)c2)cc1. The summed E-state index contributed by atoms with van der Waals surface area (Å²) in [6.45, 7) is 3.30. The van der Waals surface area contributed by atoms with Gasteiger partial charge in [-0.1, -0.05) is 24.3 Å². The molecule has 9 heteroatoms. The summed E-state index contributed by atoms with van der Waals surface area (Å²) in [5, 5.41) is 5.62. The molecule has 0 heterocycles. The number of carbonyl (C=O) groups is 4. The molecule has 0 aliphatic carbocycles. The van der Waals surface area contributed by atoms with Gasteiger partial charge in [-0.2, -0.15) is 0 Å². The number of amides is 2. The number of nitrogens with one attached hydrogen (secondary N) is 2. The third-order valence-corrected chi connectivity index (χ3v) is 4.64. The van der Waals surface area contributed by atoms with Gasteiger partial charge in [0.1, 0.15) is 11.5 Å². The van der Waals surface area contributed by atoms with Crippen LogP contribution in [0.2, 0.25) is 0 Å². The molecule has 3 rings (SSSR count). The number of benzene rings is 3. The van der Waals surface area contributed by atoms with Crippen LogP contribution >= 0.6 is 0 Å². The van der Waals surface area contributed by atoms with Crippen molar-refractivity contribution in [1.82, 2.24) is 5.32 Å². The van der Waals surface area contributed by atoms with Gasteiger partial charge in [0.25, 0.3) is 11.8 Å². The van der Waals surface area contributed by atoms with Gasteiger partial charge in [-0.05, 0) is 61.0 Å². The second kappa shape index (κ2) is 12.0. The third-order valence-electron chi connectivity index (χ3n) is 4.64. The molecule has 0 spiro atoms. The van der Waals surface area contributed by atoms with Gasteiger partial charge in [0.2, 0.25) is 0 Å². The van der Waals surface area contributed by atoms with Gasteiger partial charge in [0, 0.05) is 30.3 Å². The summed E-state index contributed by atoms with van der Waals surface area (Å²) in [4.78, 5) is 47.8. The highest BCUT2D eigenvalue weighted by Gasteiger charge is 2.13. The molecule has 9 nitrogen and oxygen atoms in total. The molecule has 2 N–H and O–H groups in total. The first-order valence-corrected chi connectivity index (χ1v) is 10.8. The molecule has 0 aliphatic rings. The molecule has 0 saturated carbocycles. The molecular weight excluding hydrogens is 452 g/mol. The van der Waals surface area contributed by atoms with Crippen LogP contribution in [0.3, 0.4) is 0 Å². The van der Waals surface area contributed by atoms with E-state index in [-0.39, 0.29) is 36.5 Å². The van der Waals surface area contributed by atoms with E-state index in [0.29, 0.717) is 22.4 Å². The van der Waals surface area contributed by atoms with Crippen molar-refractivity contribution in [2.45, 2.75) is 20.4 Å². The number of para-hydroxylation sites is 1. The van der Waals surface area contributed by atoms with E-state index in [4.69, 9.17) is 14.2 Å². The zero-order valence-electron chi connectivity index (χ0n) is 19.2. The normalized spacial score (nSPS) is 10.1. The number of hydrogen-bond acceptors (Lipinski definition) is 7. The summed E-state index contributed by atoms with van der Waals surface area (Å²) < 4.78 is 14.7. The Labute approximate surface area is 202 Å². The summed E-state index contributed by atoms with van der Waals surface area (Å²) >= 11 is 0. The molecule has 0 aromatic heterocycles. The Morgan fingerprint density at radius 1 is 0.771 bits per heavy atom. The lowest BCUT2D eigenvalue weighted by Gasteiger charge is -2.13. The van der Waals surface area contributed by atoms with Gasteiger partial charge in [-0.25, -0.2) is 4.79 Å². The molecule has 0 unspecified atom stereocenters. The molecular formula is C26H24N2O7. The van der Waals surface area contributed by atoms with Crippen LogP contribution in [0.4, 0.5) is 10.5 Å². The largest absolute Gasteiger partial charge is 0.513 e. The maximum absolute atomic E-state index is 12.7. The number of anilines is 1. The highest BCUT2D eigenvalue weighted by Crippen LogP contribution is 2.19. The van der Waals surface area contributed by atoms with Crippen LogP contribution < -0.4 is 20.1 Å². The maximum atomic E-state index is 12.7. The minimum absolute atomic E-state index is 0.152. The highest BCUT2D eigenvalue weighted by atomic mass is 16.7. The molecule has 3 aromatic carbocycles. The van der Waals surface area contributed by atoms with Gasteiger partial charge in [-0.15, -0.1) is 0 Å². The topological polar surface area (TPSA) is 120 Å². The lowest BCUT2D eigenvalue weighted by molar-refractivity contribution is -0.131. The van der Waals surface area contributed by atoms with Gasteiger partial charge in [-0.3, -0.25) is 14.4 Å². The molecule has 180 valence electrons. The fourth-order valence-corrected chi connectivity index (χ4v) is 3.05. The number of ether oxygens (including phenoxy) is 3. The van der Waals surface area contributed by atoms with Crippen LogP contribution in [0.1, 0.15) is 40.1 Å². The standard InChI is InChI=1S/C26H24N2O7/c1-3-33-26(32)35-21-13-11-18(12-14-21)25(31)28-23-10-5-4-7-20(23)16-27-24(30)19-8-6-9-22(15-19)34-17(2)29/h4-15H,3,16H2,1-2H3,(H,27,30)(H,28,31). The average Bonchev–Trinajstić information content (AvgIpc) is 2.83. The minimum atomic E-state index is -0.821. The zero-order chi connectivity index (χ0) is 25.2. The number of hydrogen-bond donors (Lipinski definition) is 2. The molecule has 0 fully saturated rings. The van der Waals surface area contributed by atoms with Crippen molar-refractivity contribution in [1.29, 1.82) is 0 Å². The Morgan fingerprint density at radius 3 is 2.23 bits per heavy atom. The first-order chi connectivity index (χ1) is 16.9. The number of carbonyl (C=O) groups excluding carboxylic acids is 4. The summed E-state index contributed by atoms with van der Waals surface area (Å²) in [7, 11) is 0. The summed E-state index contributed by atoms with van der Waals surface area (Å²) in [6, 6.07) is 19.3. The average molecular weight is 476 g/mol. The maximum Gasteiger partial charge on any atom is 0.513 e. The van der Waals surface area contributed by atoms with E-state index in [9.17, 15) is 19.2 Å². The van der Waals surface area contributed by atoms with E-state index >= 15 is 0 Å². The summed E-state index contributed by atoms with van der Waals surface area (Å²) in [5.74, 6) is -0.691. The fourth-order valence-electron chi connectivity index (χ4n) is 3.05. The van der Waals surface area contributed by atoms with Crippen LogP contribution in [0.5, 0.6) is 11.5 Å². The number of esters is 1. The first kappa shape index (κ1) is 25.0. The molecule has 0 radical (unpaired) electrons. The van der Waals surface area contributed by atoms with E-state index in [1.54, 1.807) is 49.4 Å². The molecule has 0 atom stereocenters. The van der Waals surface area contributed by atoms with Crippen LogP contribution in [-0.4, -0.2) is 30.5 Å². The Balaban J connectivity index is 1.63. The van der Waals surface area contributed by atoms with E-state index in [0.717, 1.165) is 0 Å². The molecule has 0 bridgehead atoms. The van der Waals surface area contributed by atoms with E-state index in [1.807, 2.05) is 0 Å². The van der Waals surface area contributed by atoms with Crippen molar-refractivity contribution in [3.63, 3.8) is 0 Å². The van der Waals surface area contributed by atoms with Gasteiger partial charge in [0.15, 0.2) is 0 Å². The van der Waals surface area contributed by atoms with Gasteiger partial charge < -0.3 is 24.8 Å². The Bertz CT molecular complexity index is 1220. The van der Waals surface area contributed by atoms with Gasteiger partial charge >= 0.3 is 12.1 Å². The smallest absolute Gasteiger partial charge is 0.434 e. The van der Waals surface area contributed by atoms with E-state index < -0.39 is 12.1 Å². The van der Waals surface area contributed by atoms with Crippen molar-refractivity contribution in [2.75, 3.05) is 11.9 Å². The summed E-state index contributed by atoms with van der Waals surface area (Å²) in [6.07, 6.45) is -0.821. The second-order valence-electron chi connectivity index (χ2n) is 7.22. The predicted octanol–water partition coefficient (Wildman–Crippen LogP) is 4.33. The quantitative estimate of drug-likeness (QED) is 0.282. The van der Waals surface area contributed by atoms with E-state index in [2.05, 4.69) is 10.6 Å². The summed E-state index contributed by atoms with van der Waals surface area (Å²) in [5.41, 5.74) is 1.89. The van der Waals surface area contributed by atoms with Crippen molar-refractivity contribution >= 4 is 29.6 Å². The van der Waals surface area contributed by atoms with Gasteiger partial charge in [0.05, 0.1) is 6.61 Å². The fraction of sp³-hybridized carbons (Fsp3) is 0.154. The van der Waals surface area contributed by atoms with Crippen LogP contribution in [0.25, 0.3) is 0 Å². The Morgan fingerprint density at radius 2 is 1.51 bits per heavy atom. The van der Waals surface area contributed by atoms with Crippen molar-refractivity contribution in [3.8, 4) is 11.5 Å². The van der Waals surface area contributed by atoms with E-state index in [1.165, 1.54) is 37.3 Å². The lowest BCUT2D eigenvalue weighted by atomic mass is 10.1. The Hall–Kier alpha value is -4.66. The Kier molecular flexibility index (Phi) is 8.55. The molecule has 3 aromatic rings. The monoisotopic (exact) mass is 476 g/mol. The molecule has 0 saturated heterocycles. The van der Waals surface area contributed by atoms with Crippen LogP contribution in [-0.2, 0) is 16.1 Å². The van der Waals surface area contributed by atoms with Crippen molar-refractivity contribution in [2.24, 2.45) is 0 Å². The highest BCUT2D eigenvalue weighted by molar-refractivity contribution is 6.04. The predicted molar refractivity (Wildman–Crippen MR) is 127 cm³/mol. The first-order valence-electron chi connectivity index (χ1n) is 10.8. The molecule has 35 heavy (non-hydrogen) atoms. The van der Waals surface area contributed by atoms with Crippen LogP contribution in [0, 0.1) is 0 Å². The van der Waals surface area contributed by atoms with Crippen LogP contribution in [0.15, 0.2) is 72.8 Å². The lowest BCUT2D eigenvalue weighted by Crippen LogP contribution is -2.24. The number of rotatable bonds is 8. The van der Waals surface area contributed by atoms with Crippen molar-refractivity contribution < 1.29 is 33.4 Å².